The van der Waals surface area contributed by atoms with E-state index in [1.807, 2.05) is 12.1 Å². The van der Waals surface area contributed by atoms with Crippen molar-refractivity contribution >= 4 is 17.5 Å². The van der Waals surface area contributed by atoms with Crippen molar-refractivity contribution in [3.63, 3.8) is 0 Å². The van der Waals surface area contributed by atoms with Crippen LogP contribution in [0, 0.1) is 5.92 Å². The molecule has 1 heterocycles. The van der Waals surface area contributed by atoms with Gasteiger partial charge in [0.2, 0.25) is 11.8 Å². The van der Waals surface area contributed by atoms with Crippen molar-refractivity contribution in [2.24, 2.45) is 5.92 Å². The molecule has 126 valence electrons. The minimum absolute atomic E-state index is 0.0319. The van der Waals surface area contributed by atoms with Crippen molar-refractivity contribution in [2.45, 2.75) is 25.7 Å². The molecule has 2 rings (SSSR count). The van der Waals surface area contributed by atoms with Gasteiger partial charge in [-0.3, -0.25) is 9.59 Å². The number of carbonyl (C=O) groups excluding carboxylic acids is 2. The number of aliphatic hydroxyl groups is 1. The first-order chi connectivity index (χ1) is 11.2. The van der Waals surface area contributed by atoms with Gasteiger partial charge in [-0.15, -0.1) is 0 Å². The highest BCUT2D eigenvalue weighted by Gasteiger charge is 2.34. The van der Waals surface area contributed by atoms with Gasteiger partial charge in [-0.05, 0) is 43.5 Å². The monoisotopic (exact) mass is 320 g/mol. The molecule has 1 saturated heterocycles. The van der Waals surface area contributed by atoms with Crippen LogP contribution in [0.2, 0.25) is 0 Å². The van der Waals surface area contributed by atoms with Gasteiger partial charge in [-0.2, -0.15) is 0 Å². The summed E-state index contributed by atoms with van der Waals surface area (Å²) in [5, 5.41) is 11.6. The fourth-order valence-corrected chi connectivity index (χ4v) is 2.66. The maximum absolute atomic E-state index is 12.1. The predicted octanol–water partition coefficient (Wildman–Crippen LogP) is 1.33. The van der Waals surface area contributed by atoms with Crippen molar-refractivity contribution < 1.29 is 19.4 Å². The fourth-order valence-electron chi connectivity index (χ4n) is 2.66. The van der Waals surface area contributed by atoms with Crippen LogP contribution >= 0.6 is 0 Å². The number of unbranched alkanes of at least 4 members (excludes halogenated alkanes) is 2. The summed E-state index contributed by atoms with van der Waals surface area (Å²) in [6.07, 6.45) is 2.73. The lowest BCUT2D eigenvalue weighted by Gasteiger charge is -2.17. The second kappa shape index (κ2) is 8.53. The van der Waals surface area contributed by atoms with Crippen molar-refractivity contribution in [1.29, 1.82) is 0 Å². The molecular weight excluding hydrogens is 296 g/mol. The van der Waals surface area contributed by atoms with Crippen molar-refractivity contribution in [3.8, 4) is 5.75 Å². The normalized spacial score (nSPS) is 17.4. The Hall–Kier alpha value is -2.08. The molecule has 1 unspecified atom stereocenters. The SMILES string of the molecule is COc1ccc(N2CC(C(=O)NCCCCCO)CC2=O)cc1. The predicted molar refractivity (Wildman–Crippen MR) is 87.4 cm³/mol. The number of aliphatic hydroxyl groups excluding tert-OH is 1. The summed E-state index contributed by atoms with van der Waals surface area (Å²) in [6.45, 7) is 1.18. The first-order valence-corrected chi connectivity index (χ1v) is 7.98. The average molecular weight is 320 g/mol. The number of methoxy groups -OCH3 is 1. The largest absolute Gasteiger partial charge is 0.497 e. The van der Waals surface area contributed by atoms with Crippen LogP contribution in [-0.4, -0.2) is 43.7 Å². The molecule has 1 atom stereocenters. The first-order valence-electron chi connectivity index (χ1n) is 7.98. The fraction of sp³-hybridized carbons (Fsp3) is 0.529. The lowest BCUT2D eigenvalue weighted by molar-refractivity contribution is -0.126. The number of ether oxygens (including phenoxy) is 1. The summed E-state index contributed by atoms with van der Waals surface area (Å²) < 4.78 is 5.11. The van der Waals surface area contributed by atoms with Gasteiger partial charge in [0.05, 0.1) is 13.0 Å². The summed E-state index contributed by atoms with van der Waals surface area (Å²) in [5.74, 6) is 0.328. The Morgan fingerprint density at radius 2 is 2.04 bits per heavy atom. The standard InChI is InChI=1S/C17H24N2O4/c1-23-15-7-5-14(6-8-15)19-12-13(11-16(19)21)17(22)18-9-3-2-4-10-20/h5-8,13,20H,2-4,9-12H2,1H3,(H,18,22). The summed E-state index contributed by atoms with van der Waals surface area (Å²) in [5.41, 5.74) is 0.786. The van der Waals surface area contributed by atoms with Gasteiger partial charge in [0.25, 0.3) is 0 Å². The zero-order valence-electron chi connectivity index (χ0n) is 13.5. The van der Waals surface area contributed by atoms with E-state index in [-0.39, 0.29) is 30.8 Å². The van der Waals surface area contributed by atoms with Crippen molar-refractivity contribution in [1.82, 2.24) is 5.32 Å². The smallest absolute Gasteiger partial charge is 0.227 e. The number of nitrogens with one attached hydrogen (secondary N) is 1. The maximum Gasteiger partial charge on any atom is 0.227 e. The quantitative estimate of drug-likeness (QED) is 0.708. The highest BCUT2D eigenvalue weighted by atomic mass is 16.5. The summed E-state index contributed by atoms with van der Waals surface area (Å²) in [4.78, 5) is 25.9. The zero-order chi connectivity index (χ0) is 16.7. The molecule has 2 amide bonds. The molecule has 0 radical (unpaired) electrons. The number of hydrogen-bond acceptors (Lipinski definition) is 4. The summed E-state index contributed by atoms with van der Waals surface area (Å²) in [7, 11) is 1.59. The van der Waals surface area contributed by atoms with E-state index in [9.17, 15) is 9.59 Å². The molecule has 1 aliphatic heterocycles. The Morgan fingerprint density at radius 3 is 2.70 bits per heavy atom. The molecular formula is C17H24N2O4. The third-order valence-corrected chi connectivity index (χ3v) is 4.01. The van der Waals surface area contributed by atoms with E-state index >= 15 is 0 Å². The molecule has 1 aromatic rings. The third-order valence-electron chi connectivity index (χ3n) is 4.01. The van der Waals surface area contributed by atoms with Gasteiger partial charge in [-0.25, -0.2) is 0 Å². The molecule has 0 bridgehead atoms. The lowest BCUT2D eigenvalue weighted by Crippen LogP contribution is -2.33. The number of carbonyl (C=O) groups is 2. The van der Waals surface area contributed by atoms with Crippen molar-refractivity contribution in [3.05, 3.63) is 24.3 Å². The van der Waals surface area contributed by atoms with E-state index in [0.717, 1.165) is 30.7 Å². The first kappa shape index (κ1) is 17.3. The number of benzene rings is 1. The molecule has 1 aromatic carbocycles. The number of anilines is 1. The van der Waals surface area contributed by atoms with E-state index in [4.69, 9.17) is 9.84 Å². The molecule has 23 heavy (non-hydrogen) atoms. The summed E-state index contributed by atoms with van der Waals surface area (Å²) >= 11 is 0. The Labute approximate surface area is 136 Å². The number of nitrogens with zero attached hydrogens (tertiary/aromatic N) is 1. The van der Waals surface area contributed by atoms with Crippen LogP contribution < -0.4 is 15.0 Å². The van der Waals surface area contributed by atoms with Crippen LogP contribution in [0.25, 0.3) is 0 Å². The molecule has 0 spiro atoms. The molecule has 1 aliphatic rings. The lowest BCUT2D eigenvalue weighted by atomic mass is 10.1. The van der Waals surface area contributed by atoms with E-state index < -0.39 is 0 Å². The van der Waals surface area contributed by atoms with Gasteiger partial charge >= 0.3 is 0 Å². The van der Waals surface area contributed by atoms with Gasteiger partial charge < -0.3 is 20.1 Å². The molecule has 0 saturated carbocycles. The molecule has 6 heteroatoms. The van der Waals surface area contributed by atoms with E-state index in [1.165, 1.54) is 0 Å². The molecule has 0 aliphatic carbocycles. The Kier molecular flexibility index (Phi) is 6.40. The van der Waals surface area contributed by atoms with Crippen LogP contribution in [0.3, 0.4) is 0 Å². The van der Waals surface area contributed by atoms with Gasteiger partial charge in [-0.1, -0.05) is 0 Å². The number of hydrogen-bond donors (Lipinski definition) is 2. The van der Waals surface area contributed by atoms with Crippen LogP contribution in [0.15, 0.2) is 24.3 Å². The van der Waals surface area contributed by atoms with Gasteiger partial charge in [0.1, 0.15) is 5.75 Å². The Balaban J connectivity index is 1.84. The average Bonchev–Trinajstić information content (AvgIpc) is 2.96. The third kappa shape index (κ3) is 4.69. The van der Waals surface area contributed by atoms with Crippen LogP contribution in [0.1, 0.15) is 25.7 Å². The second-order valence-corrected chi connectivity index (χ2v) is 5.68. The maximum atomic E-state index is 12.1. The number of amides is 2. The number of rotatable bonds is 8. The van der Waals surface area contributed by atoms with Crippen LogP contribution in [-0.2, 0) is 9.59 Å². The Morgan fingerprint density at radius 1 is 1.30 bits per heavy atom. The van der Waals surface area contributed by atoms with E-state index in [1.54, 1.807) is 24.1 Å². The Bertz CT molecular complexity index is 530. The van der Waals surface area contributed by atoms with Crippen molar-refractivity contribution in [2.75, 3.05) is 31.7 Å². The molecule has 1 fully saturated rings. The van der Waals surface area contributed by atoms with Gasteiger partial charge in [0.15, 0.2) is 0 Å². The highest BCUT2D eigenvalue weighted by molar-refractivity contribution is 6.00. The second-order valence-electron chi connectivity index (χ2n) is 5.68. The minimum atomic E-state index is -0.303. The molecule has 6 nitrogen and oxygen atoms in total. The van der Waals surface area contributed by atoms with Gasteiger partial charge in [0, 0.05) is 31.8 Å². The van der Waals surface area contributed by atoms with E-state index in [0.29, 0.717) is 13.1 Å². The minimum Gasteiger partial charge on any atom is -0.497 e. The van der Waals surface area contributed by atoms with Crippen LogP contribution in [0.5, 0.6) is 5.75 Å². The van der Waals surface area contributed by atoms with Crippen LogP contribution in [0.4, 0.5) is 5.69 Å². The zero-order valence-corrected chi connectivity index (χ0v) is 13.5. The van der Waals surface area contributed by atoms with E-state index in [2.05, 4.69) is 5.32 Å². The highest BCUT2D eigenvalue weighted by Crippen LogP contribution is 2.26. The summed E-state index contributed by atoms with van der Waals surface area (Å²) in [6, 6.07) is 7.26. The topological polar surface area (TPSA) is 78.9 Å². The molecule has 0 aromatic heterocycles. The molecule has 2 N–H and O–H groups in total.